The zero-order valence-corrected chi connectivity index (χ0v) is 20.0. The Bertz CT molecular complexity index is 1000. The molecule has 172 valence electrons. The molecule has 32 heavy (non-hydrogen) atoms. The second-order valence-corrected chi connectivity index (χ2v) is 8.51. The number of aliphatic hydroxyl groups excluding tert-OH is 1. The smallest absolute Gasteiger partial charge is 0.137 e. The number of nitrogens with one attached hydrogen (secondary N) is 1. The number of aryl methyl sites for hydroxylation is 1. The van der Waals surface area contributed by atoms with Gasteiger partial charge in [-0.05, 0) is 56.7 Å². The molecule has 3 aromatic rings. The Hall–Kier alpha value is -2.54. The summed E-state index contributed by atoms with van der Waals surface area (Å²) in [6, 6.07) is 15.3. The molecule has 6 nitrogen and oxygen atoms in total. The highest BCUT2D eigenvalue weighted by atomic mass is 35.5. The van der Waals surface area contributed by atoms with Crippen LogP contribution in [0.25, 0.3) is 0 Å². The molecule has 7 heteroatoms. The van der Waals surface area contributed by atoms with Crippen LogP contribution in [-0.4, -0.2) is 47.8 Å². The first-order valence-electron chi connectivity index (χ1n) is 11.0. The maximum atomic E-state index is 10.5. The minimum Gasteiger partial charge on any atom is -0.494 e. The van der Waals surface area contributed by atoms with Gasteiger partial charge in [-0.1, -0.05) is 29.8 Å². The van der Waals surface area contributed by atoms with E-state index in [0.29, 0.717) is 19.7 Å². The van der Waals surface area contributed by atoms with Crippen molar-refractivity contribution >= 4 is 11.6 Å². The lowest BCUT2D eigenvalue weighted by atomic mass is 10.1. The van der Waals surface area contributed by atoms with E-state index in [2.05, 4.69) is 14.0 Å². The Labute approximate surface area is 195 Å². The van der Waals surface area contributed by atoms with Gasteiger partial charge in [-0.2, -0.15) is 5.10 Å². The third-order valence-electron chi connectivity index (χ3n) is 5.45. The van der Waals surface area contributed by atoms with Gasteiger partial charge in [0.2, 0.25) is 0 Å². The minimum absolute atomic E-state index is 0.245. The topological polar surface area (TPSA) is 60.9 Å². The SMILES string of the molecule is CCOc1ccc(OC[C@H](O)C[NH+](C)Cc2c(C)nn(Cc3ccccc3Cl)c2C)cc1. The molecule has 2 N–H and O–H groups in total. The molecule has 0 aliphatic carbocycles. The normalized spacial score (nSPS) is 13.1. The molecule has 0 fully saturated rings. The summed E-state index contributed by atoms with van der Waals surface area (Å²) in [6.45, 7) is 8.94. The number of hydrogen-bond acceptors (Lipinski definition) is 4. The fourth-order valence-corrected chi connectivity index (χ4v) is 3.95. The first-order chi connectivity index (χ1) is 15.4. The summed E-state index contributed by atoms with van der Waals surface area (Å²) in [5.74, 6) is 1.53. The van der Waals surface area contributed by atoms with E-state index in [1.807, 2.05) is 67.1 Å². The number of benzene rings is 2. The number of hydrogen-bond donors (Lipinski definition) is 2. The molecule has 0 bridgehead atoms. The third-order valence-corrected chi connectivity index (χ3v) is 5.82. The maximum Gasteiger partial charge on any atom is 0.137 e. The molecular formula is C25H33ClN3O3+. The predicted molar refractivity (Wildman–Crippen MR) is 127 cm³/mol. The number of likely N-dealkylation sites (N-methyl/N-ethyl adjacent to an activating group) is 1. The largest absolute Gasteiger partial charge is 0.494 e. The predicted octanol–water partition coefficient (Wildman–Crippen LogP) is 3.05. The van der Waals surface area contributed by atoms with Crippen molar-refractivity contribution in [3.8, 4) is 11.5 Å². The van der Waals surface area contributed by atoms with Crippen molar-refractivity contribution in [2.75, 3.05) is 26.8 Å². The van der Waals surface area contributed by atoms with E-state index in [0.717, 1.165) is 40.0 Å². The van der Waals surface area contributed by atoms with Crippen molar-refractivity contribution in [3.63, 3.8) is 0 Å². The van der Waals surface area contributed by atoms with Gasteiger partial charge in [-0.15, -0.1) is 0 Å². The molecule has 0 aliphatic rings. The summed E-state index contributed by atoms with van der Waals surface area (Å²) in [6.07, 6.45) is -0.569. The lowest BCUT2D eigenvalue weighted by molar-refractivity contribution is -0.897. The number of ether oxygens (including phenoxy) is 2. The summed E-state index contributed by atoms with van der Waals surface area (Å²) in [4.78, 5) is 1.19. The number of aromatic nitrogens is 2. The highest BCUT2D eigenvalue weighted by Crippen LogP contribution is 2.19. The molecule has 0 spiro atoms. The van der Waals surface area contributed by atoms with Crippen molar-refractivity contribution in [3.05, 3.63) is 76.1 Å². The average Bonchev–Trinajstić information content (AvgIpc) is 3.02. The van der Waals surface area contributed by atoms with E-state index < -0.39 is 6.10 Å². The summed E-state index contributed by atoms with van der Waals surface area (Å²) < 4.78 is 13.2. The van der Waals surface area contributed by atoms with Crippen LogP contribution in [0.1, 0.15) is 29.4 Å². The second-order valence-electron chi connectivity index (χ2n) is 8.11. The van der Waals surface area contributed by atoms with Crippen molar-refractivity contribution in [1.29, 1.82) is 0 Å². The lowest BCUT2D eigenvalue weighted by Gasteiger charge is -2.19. The fraction of sp³-hybridized carbons (Fsp3) is 0.400. The van der Waals surface area contributed by atoms with E-state index in [1.54, 1.807) is 0 Å². The maximum absolute atomic E-state index is 10.5. The summed E-state index contributed by atoms with van der Waals surface area (Å²) in [5, 5.41) is 15.9. The monoisotopic (exact) mass is 458 g/mol. The average molecular weight is 459 g/mol. The van der Waals surface area contributed by atoms with Gasteiger partial charge < -0.3 is 19.5 Å². The number of aliphatic hydroxyl groups is 1. The molecule has 2 atom stereocenters. The van der Waals surface area contributed by atoms with Gasteiger partial charge in [0.1, 0.15) is 37.3 Å². The van der Waals surface area contributed by atoms with Gasteiger partial charge in [-0.3, -0.25) is 4.68 Å². The van der Waals surface area contributed by atoms with Crippen molar-refractivity contribution in [2.24, 2.45) is 0 Å². The standard InChI is InChI=1S/C25H32ClN3O3/c1-5-31-22-10-12-23(13-11-22)32-17-21(30)15-28(4)16-24-18(2)27-29(19(24)3)14-20-8-6-7-9-25(20)26/h6-13,21,30H,5,14-17H2,1-4H3/p+1/t21-/m1/s1. The van der Waals surface area contributed by atoms with Crippen LogP contribution in [0, 0.1) is 13.8 Å². The van der Waals surface area contributed by atoms with E-state index in [4.69, 9.17) is 26.2 Å². The summed E-state index contributed by atoms with van der Waals surface area (Å²) in [7, 11) is 2.07. The van der Waals surface area contributed by atoms with Crippen LogP contribution in [0.2, 0.25) is 5.02 Å². The number of nitrogens with zero attached hydrogens (tertiary/aromatic N) is 2. The summed E-state index contributed by atoms with van der Waals surface area (Å²) >= 11 is 6.32. The molecule has 1 unspecified atom stereocenters. The molecule has 2 aromatic carbocycles. The Morgan fingerprint density at radius 1 is 1.06 bits per heavy atom. The third kappa shape index (κ3) is 6.48. The molecular weight excluding hydrogens is 426 g/mol. The molecule has 1 aromatic heterocycles. The van der Waals surface area contributed by atoms with E-state index in [9.17, 15) is 5.11 Å². The lowest BCUT2D eigenvalue weighted by Crippen LogP contribution is -3.09. The zero-order chi connectivity index (χ0) is 23.1. The van der Waals surface area contributed by atoms with Crippen LogP contribution in [0.15, 0.2) is 48.5 Å². The minimum atomic E-state index is -0.569. The highest BCUT2D eigenvalue weighted by molar-refractivity contribution is 6.31. The van der Waals surface area contributed by atoms with Crippen LogP contribution in [0.5, 0.6) is 11.5 Å². The van der Waals surface area contributed by atoms with Crippen LogP contribution < -0.4 is 14.4 Å². The summed E-state index contributed by atoms with van der Waals surface area (Å²) in [5.41, 5.74) is 4.39. The van der Waals surface area contributed by atoms with E-state index in [1.165, 1.54) is 10.5 Å². The molecule has 0 aliphatic heterocycles. The molecule has 3 rings (SSSR count). The molecule has 1 heterocycles. The van der Waals surface area contributed by atoms with Gasteiger partial charge in [0.25, 0.3) is 0 Å². The van der Waals surface area contributed by atoms with Crippen molar-refractivity contribution in [2.45, 2.75) is 40.0 Å². The van der Waals surface area contributed by atoms with Crippen LogP contribution in [0.4, 0.5) is 0 Å². The van der Waals surface area contributed by atoms with Crippen LogP contribution >= 0.6 is 11.6 Å². The van der Waals surface area contributed by atoms with Gasteiger partial charge >= 0.3 is 0 Å². The second kappa shape index (κ2) is 11.4. The van der Waals surface area contributed by atoms with Crippen molar-refractivity contribution < 1.29 is 19.5 Å². The number of rotatable bonds is 11. The quantitative estimate of drug-likeness (QED) is 0.463. The highest BCUT2D eigenvalue weighted by Gasteiger charge is 2.19. The fourth-order valence-electron chi connectivity index (χ4n) is 3.76. The van der Waals surface area contributed by atoms with E-state index in [-0.39, 0.29) is 6.61 Å². The Morgan fingerprint density at radius 3 is 2.38 bits per heavy atom. The Kier molecular flexibility index (Phi) is 8.56. The molecule has 0 amide bonds. The van der Waals surface area contributed by atoms with Gasteiger partial charge in [0, 0.05) is 10.7 Å². The first-order valence-corrected chi connectivity index (χ1v) is 11.4. The van der Waals surface area contributed by atoms with Gasteiger partial charge in [0.15, 0.2) is 0 Å². The molecule has 0 saturated carbocycles. The first kappa shape index (κ1) is 24.1. The van der Waals surface area contributed by atoms with Gasteiger partial charge in [0.05, 0.1) is 31.5 Å². The van der Waals surface area contributed by atoms with Crippen LogP contribution in [0.3, 0.4) is 0 Å². The zero-order valence-electron chi connectivity index (χ0n) is 19.3. The van der Waals surface area contributed by atoms with Gasteiger partial charge in [-0.25, -0.2) is 0 Å². The van der Waals surface area contributed by atoms with Crippen molar-refractivity contribution in [1.82, 2.24) is 9.78 Å². The molecule has 0 saturated heterocycles. The number of quaternary nitrogens is 1. The number of halogens is 1. The molecule has 0 radical (unpaired) electrons. The van der Waals surface area contributed by atoms with Crippen LogP contribution in [-0.2, 0) is 13.1 Å². The Morgan fingerprint density at radius 2 is 1.72 bits per heavy atom. The Balaban J connectivity index is 1.53. The van der Waals surface area contributed by atoms with E-state index >= 15 is 0 Å².